The Morgan fingerprint density at radius 3 is 2.73 bits per heavy atom. The predicted octanol–water partition coefficient (Wildman–Crippen LogP) is 1.55. The van der Waals surface area contributed by atoms with Crippen LogP contribution in [0.15, 0.2) is 10.9 Å². The fraction of sp³-hybridized carbons (Fsp3) is 0.545. The molecule has 4 nitrogen and oxygen atoms in total. The average molecular weight is 208 g/mol. The van der Waals surface area contributed by atoms with Crippen molar-refractivity contribution in [1.29, 1.82) is 0 Å². The lowest BCUT2D eigenvalue weighted by Crippen LogP contribution is -2.28. The first-order chi connectivity index (χ1) is 7.06. The van der Waals surface area contributed by atoms with Crippen molar-refractivity contribution in [1.82, 2.24) is 9.78 Å². The molecule has 0 N–H and O–H groups in total. The van der Waals surface area contributed by atoms with Gasteiger partial charge in [-0.15, -0.1) is 0 Å². The molecule has 0 bridgehead atoms. The average Bonchev–Trinajstić information content (AvgIpc) is 2.18. The third kappa shape index (κ3) is 2.75. The van der Waals surface area contributed by atoms with Crippen molar-refractivity contribution in [2.75, 3.05) is 0 Å². The molecule has 0 aromatic carbocycles. The van der Waals surface area contributed by atoms with Crippen LogP contribution < -0.4 is 5.56 Å². The summed E-state index contributed by atoms with van der Waals surface area (Å²) in [5.74, 6) is -0.198. The lowest BCUT2D eigenvalue weighted by molar-refractivity contribution is 0.101. The molecule has 1 aromatic rings. The minimum atomic E-state index is -0.276. The monoisotopic (exact) mass is 208 g/mol. The zero-order valence-electron chi connectivity index (χ0n) is 9.41. The topological polar surface area (TPSA) is 52.0 Å². The van der Waals surface area contributed by atoms with Crippen LogP contribution in [0.1, 0.15) is 42.7 Å². The molecule has 15 heavy (non-hydrogen) atoms. The van der Waals surface area contributed by atoms with Gasteiger partial charge in [0.25, 0.3) is 5.56 Å². The summed E-state index contributed by atoms with van der Waals surface area (Å²) in [6, 6.07) is 1.55. The Bertz CT molecular complexity index is 421. The van der Waals surface area contributed by atoms with E-state index < -0.39 is 0 Å². The first-order valence-corrected chi connectivity index (χ1v) is 5.16. The fourth-order valence-corrected chi connectivity index (χ4v) is 1.39. The SMILES string of the molecule is CCCCn1nc(C)cc(C(C)=O)c1=O. The molecule has 0 radical (unpaired) electrons. The van der Waals surface area contributed by atoms with Crippen LogP contribution in [0, 0.1) is 6.92 Å². The number of Topliss-reactive ketones (excluding diaryl/α,β-unsaturated/α-hetero) is 1. The maximum absolute atomic E-state index is 11.7. The van der Waals surface area contributed by atoms with Gasteiger partial charge in [-0.1, -0.05) is 13.3 Å². The molecule has 1 rings (SSSR count). The maximum Gasteiger partial charge on any atom is 0.277 e. The molecule has 0 unspecified atom stereocenters. The van der Waals surface area contributed by atoms with Crippen molar-refractivity contribution in [3.8, 4) is 0 Å². The van der Waals surface area contributed by atoms with Gasteiger partial charge in [-0.3, -0.25) is 9.59 Å². The van der Waals surface area contributed by atoms with E-state index in [0.717, 1.165) is 12.8 Å². The van der Waals surface area contributed by atoms with Gasteiger partial charge in [-0.25, -0.2) is 4.68 Å². The highest BCUT2D eigenvalue weighted by molar-refractivity contribution is 5.93. The van der Waals surface area contributed by atoms with Gasteiger partial charge in [0.1, 0.15) is 0 Å². The van der Waals surface area contributed by atoms with Gasteiger partial charge in [-0.05, 0) is 26.3 Å². The van der Waals surface area contributed by atoms with E-state index in [2.05, 4.69) is 5.10 Å². The lowest BCUT2D eigenvalue weighted by Gasteiger charge is -2.06. The summed E-state index contributed by atoms with van der Waals surface area (Å²) < 4.78 is 1.38. The molecule has 4 heteroatoms. The fourth-order valence-electron chi connectivity index (χ4n) is 1.39. The third-order valence-corrected chi connectivity index (χ3v) is 2.20. The Morgan fingerprint density at radius 1 is 1.53 bits per heavy atom. The number of unbranched alkanes of at least 4 members (excludes halogenated alkanes) is 1. The highest BCUT2D eigenvalue weighted by Crippen LogP contribution is 1.98. The maximum atomic E-state index is 11.7. The molecule has 0 aliphatic rings. The Balaban J connectivity index is 3.17. The highest BCUT2D eigenvalue weighted by atomic mass is 16.1. The highest BCUT2D eigenvalue weighted by Gasteiger charge is 2.09. The summed E-state index contributed by atoms with van der Waals surface area (Å²) in [4.78, 5) is 23.0. The van der Waals surface area contributed by atoms with Gasteiger partial charge in [0.05, 0.1) is 11.3 Å². The van der Waals surface area contributed by atoms with E-state index in [9.17, 15) is 9.59 Å². The van der Waals surface area contributed by atoms with Crippen molar-refractivity contribution in [3.63, 3.8) is 0 Å². The number of carbonyl (C=O) groups is 1. The zero-order chi connectivity index (χ0) is 11.4. The van der Waals surface area contributed by atoms with Crippen LogP contribution in [-0.2, 0) is 6.54 Å². The van der Waals surface area contributed by atoms with Crippen LogP contribution >= 0.6 is 0 Å². The van der Waals surface area contributed by atoms with Gasteiger partial charge in [0.15, 0.2) is 5.78 Å². The predicted molar refractivity (Wildman–Crippen MR) is 58.1 cm³/mol. The van der Waals surface area contributed by atoms with Crippen molar-refractivity contribution >= 4 is 5.78 Å². The van der Waals surface area contributed by atoms with Gasteiger partial charge >= 0.3 is 0 Å². The van der Waals surface area contributed by atoms with E-state index in [1.807, 2.05) is 6.92 Å². The molecule has 0 aliphatic carbocycles. The number of hydrogen-bond donors (Lipinski definition) is 0. The van der Waals surface area contributed by atoms with E-state index in [1.54, 1.807) is 13.0 Å². The third-order valence-electron chi connectivity index (χ3n) is 2.20. The minimum absolute atomic E-state index is 0.198. The van der Waals surface area contributed by atoms with Crippen LogP contribution in [0.5, 0.6) is 0 Å². The number of hydrogen-bond acceptors (Lipinski definition) is 3. The Labute approximate surface area is 88.9 Å². The number of rotatable bonds is 4. The molecule has 0 saturated heterocycles. The molecule has 0 fully saturated rings. The standard InChI is InChI=1S/C11H16N2O2/c1-4-5-6-13-11(15)10(9(3)14)7-8(2)12-13/h7H,4-6H2,1-3H3. The van der Waals surface area contributed by atoms with Crippen molar-refractivity contribution in [2.24, 2.45) is 0 Å². The van der Waals surface area contributed by atoms with Crippen molar-refractivity contribution < 1.29 is 4.79 Å². The largest absolute Gasteiger partial charge is 0.294 e. The van der Waals surface area contributed by atoms with Gasteiger partial charge in [-0.2, -0.15) is 5.10 Å². The Hall–Kier alpha value is -1.45. The van der Waals surface area contributed by atoms with Crippen LogP contribution in [0.2, 0.25) is 0 Å². The van der Waals surface area contributed by atoms with E-state index in [4.69, 9.17) is 0 Å². The second kappa shape index (κ2) is 4.87. The number of ketones is 1. The molecule has 0 amide bonds. The number of carbonyl (C=O) groups excluding carboxylic acids is 1. The van der Waals surface area contributed by atoms with Crippen LogP contribution in [0.3, 0.4) is 0 Å². The second-order valence-electron chi connectivity index (χ2n) is 3.64. The van der Waals surface area contributed by atoms with Gasteiger partial charge in [0, 0.05) is 6.54 Å². The molecule has 0 saturated carbocycles. The molecule has 1 heterocycles. The smallest absolute Gasteiger partial charge is 0.277 e. The van der Waals surface area contributed by atoms with Crippen LogP contribution in [0.4, 0.5) is 0 Å². The van der Waals surface area contributed by atoms with Gasteiger partial charge in [0.2, 0.25) is 0 Å². The van der Waals surface area contributed by atoms with Crippen molar-refractivity contribution in [3.05, 3.63) is 27.7 Å². The summed E-state index contributed by atoms with van der Waals surface area (Å²) in [6.07, 6.45) is 1.89. The molecule has 0 atom stereocenters. The summed E-state index contributed by atoms with van der Waals surface area (Å²) in [6.45, 7) is 5.82. The summed E-state index contributed by atoms with van der Waals surface area (Å²) in [5.41, 5.74) is 0.663. The van der Waals surface area contributed by atoms with Crippen LogP contribution in [0.25, 0.3) is 0 Å². The van der Waals surface area contributed by atoms with Crippen molar-refractivity contribution in [2.45, 2.75) is 40.2 Å². The van der Waals surface area contributed by atoms with Crippen LogP contribution in [-0.4, -0.2) is 15.6 Å². The summed E-state index contributed by atoms with van der Waals surface area (Å²) >= 11 is 0. The number of aromatic nitrogens is 2. The minimum Gasteiger partial charge on any atom is -0.294 e. The molecule has 82 valence electrons. The van der Waals surface area contributed by atoms with E-state index >= 15 is 0 Å². The van der Waals surface area contributed by atoms with E-state index in [0.29, 0.717) is 12.2 Å². The Kier molecular flexibility index (Phi) is 3.77. The number of aryl methyl sites for hydroxylation is 2. The molecular weight excluding hydrogens is 192 g/mol. The molecule has 0 spiro atoms. The summed E-state index contributed by atoms with van der Waals surface area (Å²) in [7, 11) is 0. The normalized spacial score (nSPS) is 10.3. The quantitative estimate of drug-likeness (QED) is 0.705. The van der Waals surface area contributed by atoms with E-state index in [1.165, 1.54) is 11.6 Å². The van der Waals surface area contributed by atoms with E-state index in [-0.39, 0.29) is 16.9 Å². The first kappa shape index (κ1) is 11.6. The molecular formula is C11H16N2O2. The summed E-state index contributed by atoms with van der Waals surface area (Å²) in [5, 5.41) is 4.11. The second-order valence-corrected chi connectivity index (χ2v) is 3.64. The molecule has 1 aromatic heterocycles. The Morgan fingerprint density at radius 2 is 2.20 bits per heavy atom. The molecule has 0 aliphatic heterocycles. The number of nitrogens with zero attached hydrogens (tertiary/aromatic N) is 2. The lowest BCUT2D eigenvalue weighted by atomic mass is 10.2. The van der Waals surface area contributed by atoms with Gasteiger partial charge < -0.3 is 0 Å². The zero-order valence-corrected chi connectivity index (χ0v) is 9.41. The first-order valence-electron chi connectivity index (χ1n) is 5.16.